The van der Waals surface area contributed by atoms with Crippen LogP contribution in [0.1, 0.15) is 26.2 Å². The zero-order chi connectivity index (χ0) is 11.1. The number of aliphatic carboxylic acids is 1. The number of hydrogen-bond acceptors (Lipinski definition) is 3. The van der Waals surface area contributed by atoms with E-state index in [0.29, 0.717) is 6.42 Å². The third-order valence-corrected chi connectivity index (χ3v) is 0.799. The molecular weight excluding hydrogens is 168 g/mol. The fraction of sp³-hybridized carbons (Fsp3) is 0.400. The van der Waals surface area contributed by atoms with Gasteiger partial charge in [0, 0.05) is 11.2 Å². The van der Waals surface area contributed by atoms with Gasteiger partial charge in [-0.3, -0.25) is 0 Å². The van der Waals surface area contributed by atoms with Crippen LogP contribution in [0.5, 0.6) is 0 Å². The van der Waals surface area contributed by atoms with Crippen LogP contribution in [-0.2, 0) is 9.59 Å². The molecule has 0 N–H and O–H groups in total. The Kier molecular flexibility index (Phi) is 30.3. The van der Waals surface area contributed by atoms with Crippen LogP contribution in [0.15, 0.2) is 25.8 Å². The highest BCUT2D eigenvalue weighted by atomic mass is 16.4. The summed E-state index contributed by atoms with van der Waals surface area (Å²) in [4.78, 5) is 18.6. The molecule has 0 amide bonds. The second-order valence-corrected chi connectivity index (χ2v) is 1.77. The van der Waals surface area contributed by atoms with Crippen LogP contribution >= 0.6 is 0 Å². The van der Waals surface area contributed by atoms with E-state index in [0.717, 1.165) is 18.9 Å². The first-order valence-electron chi connectivity index (χ1n) is 3.87. The van der Waals surface area contributed by atoms with Crippen molar-refractivity contribution in [2.75, 3.05) is 0 Å². The predicted octanol–water partition coefficient (Wildman–Crippen LogP) is 1.01. The van der Waals surface area contributed by atoms with Gasteiger partial charge >= 0.3 is 6.29 Å². The fourth-order valence-corrected chi connectivity index (χ4v) is 0.249. The molecule has 0 rings (SSSR count). The molecule has 0 radical (unpaired) electrons. The Morgan fingerprint density at radius 1 is 1.54 bits per heavy atom. The first-order chi connectivity index (χ1) is 6.18. The van der Waals surface area contributed by atoms with Crippen molar-refractivity contribution in [3.05, 3.63) is 25.8 Å². The summed E-state index contributed by atoms with van der Waals surface area (Å²) in [6.45, 7) is 11.0. The average molecular weight is 184 g/mol. The standard InChI is InChI=1S/C5H9O.C3H4O2.C2H4/c1-2-3-4-5-6;1-2-3(4)5;1-2/h2-4H2,1H3;2H,1H2,(H,4,5);1-2H2/q+1;;/p-1. The van der Waals surface area contributed by atoms with Crippen molar-refractivity contribution in [1.82, 2.24) is 0 Å². The number of carbonyl (C=O) groups excluding carboxylic acids is 2. The molecule has 13 heavy (non-hydrogen) atoms. The number of carboxylic acids is 1. The van der Waals surface area contributed by atoms with Crippen molar-refractivity contribution in [3.63, 3.8) is 0 Å². The molecule has 74 valence electrons. The first kappa shape index (κ1) is 17.6. The monoisotopic (exact) mass is 184 g/mol. The van der Waals surface area contributed by atoms with Crippen LogP contribution in [0.2, 0.25) is 0 Å². The highest BCUT2D eigenvalue weighted by Crippen LogP contribution is 1.87. The third kappa shape index (κ3) is 61.5. The molecule has 0 aliphatic rings. The summed E-state index contributed by atoms with van der Waals surface area (Å²) in [6, 6.07) is 0. The second kappa shape index (κ2) is 22.4. The minimum absolute atomic E-state index is 0.608. The molecule has 0 spiro atoms. The van der Waals surface area contributed by atoms with Gasteiger partial charge in [0.2, 0.25) is 6.42 Å². The zero-order valence-corrected chi connectivity index (χ0v) is 8.04. The third-order valence-electron chi connectivity index (χ3n) is 0.799. The number of carbonyl (C=O) groups is 1. The molecule has 0 heterocycles. The van der Waals surface area contributed by atoms with Crippen molar-refractivity contribution < 1.29 is 14.7 Å². The van der Waals surface area contributed by atoms with E-state index in [1.807, 2.05) is 6.29 Å². The van der Waals surface area contributed by atoms with E-state index < -0.39 is 5.97 Å². The van der Waals surface area contributed by atoms with Crippen LogP contribution in [0, 0.1) is 0 Å². The van der Waals surface area contributed by atoms with E-state index in [1.165, 1.54) is 0 Å². The average Bonchev–Trinajstić information content (AvgIpc) is 2.18. The lowest BCUT2D eigenvalue weighted by atomic mass is 10.3. The maximum absolute atomic E-state index is 9.44. The molecule has 3 nitrogen and oxygen atoms in total. The van der Waals surface area contributed by atoms with E-state index in [1.54, 1.807) is 0 Å². The van der Waals surface area contributed by atoms with Crippen LogP contribution in [0.4, 0.5) is 0 Å². The quantitative estimate of drug-likeness (QED) is 0.283. The van der Waals surface area contributed by atoms with E-state index in [9.17, 15) is 4.79 Å². The van der Waals surface area contributed by atoms with Crippen molar-refractivity contribution in [2.45, 2.75) is 26.2 Å². The van der Waals surface area contributed by atoms with Crippen LogP contribution in [0.25, 0.3) is 0 Å². The Morgan fingerprint density at radius 2 is 1.92 bits per heavy atom. The van der Waals surface area contributed by atoms with Gasteiger partial charge in [-0.1, -0.05) is 19.9 Å². The molecule has 0 bridgehead atoms. The molecule has 0 aromatic rings. The van der Waals surface area contributed by atoms with Gasteiger partial charge in [-0.2, -0.15) is 0 Å². The Morgan fingerprint density at radius 3 is 2.00 bits per heavy atom. The normalized spacial score (nSPS) is 6.23. The fourth-order valence-electron chi connectivity index (χ4n) is 0.249. The zero-order valence-electron chi connectivity index (χ0n) is 8.04. The molecule has 0 saturated carbocycles. The molecule has 0 aliphatic heterocycles. The summed E-state index contributed by atoms with van der Waals surface area (Å²) in [5.41, 5.74) is 0. The molecule has 0 aliphatic carbocycles. The predicted molar refractivity (Wildman–Crippen MR) is 51.7 cm³/mol. The highest BCUT2D eigenvalue weighted by molar-refractivity contribution is 5.76. The minimum Gasteiger partial charge on any atom is -0.545 e. The van der Waals surface area contributed by atoms with Crippen molar-refractivity contribution in [2.24, 2.45) is 0 Å². The Labute approximate surface area is 79.8 Å². The SMILES string of the molecule is C=C.C=CC(=O)[O-].CCCC[C+]=O. The summed E-state index contributed by atoms with van der Waals surface area (Å²) < 4.78 is 0. The maximum Gasteiger partial charge on any atom is 0.506 e. The summed E-state index contributed by atoms with van der Waals surface area (Å²) in [5.74, 6) is -1.23. The smallest absolute Gasteiger partial charge is 0.506 e. The molecular formula is C10H16O3. The number of unbranched alkanes of at least 4 members (excludes halogenated alkanes) is 2. The second-order valence-electron chi connectivity index (χ2n) is 1.77. The maximum atomic E-state index is 9.44. The van der Waals surface area contributed by atoms with Crippen molar-refractivity contribution >= 4 is 12.3 Å². The van der Waals surface area contributed by atoms with Gasteiger partial charge in [0.1, 0.15) is 0 Å². The van der Waals surface area contributed by atoms with E-state index in [-0.39, 0.29) is 0 Å². The topological polar surface area (TPSA) is 57.2 Å². The molecule has 0 atom stereocenters. The highest BCUT2D eigenvalue weighted by Gasteiger charge is 1.91. The molecule has 0 unspecified atom stereocenters. The summed E-state index contributed by atoms with van der Waals surface area (Å²) in [5, 5.41) is 9.14. The minimum atomic E-state index is -1.23. The molecule has 0 aromatic heterocycles. The lowest BCUT2D eigenvalue weighted by molar-refractivity contribution is -0.297. The molecule has 0 aromatic carbocycles. The van der Waals surface area contributed by atoms with Crippen molar-refractivity contribution in [3.8, 4) is 0 Å². The van der Waals surface area contributed by atoms with Crippen LogP contribution in [0.3, 0.4) is 0 Å². The van der Waals surface area contributed by atoms with Gasteiger partial charge in [0.05, 0.1) is 5.97 Å². The molecule has 0 fully saturated rings. The van der Waals surface area contributed by atoms with Crippen molar-refractivity contribution in [1.29, 1.82) is 0 Å². The molecule has 3 heteroatoms. The lowest BCUT2D eigenvalue weighted by Crippen LogP contribution is -2.17. The largest absolute Gasteiger partial charge is 0.545 e. The number of rotatable bonds is 4. The summed E-state index contributed by atoms with van der Waals surface area (Å²) >= 11 is 0. The first-order valence-corrected chi connectivity index (χ1v) is 3.87. The van der Waals surface area contributed by atoms with Gasteiger partial charge in [0.15, 0.2) is 0 Å². The Balaban J connectivity index is -0.000000131. The number of carboxylic acid groups (broad SMARTS) is 1. The Bertz CT molecular complexity index is 130. The van der Waals surface area contributed by atoms with Gasteiger partial charge in [0.25, 0.3) is 0 Å². The van der Waals surface area contributed by atoms with E-state index in [4.69, 9.17) is 9.90 Å². The van der Waals surface area contributed by atoms with E-state index in [2.05, 4.69) is 26.7 Å². The molecule has 0 saturated heterocycles. The summed E-state index contributed by atoms with van der Waals surface area (Å²) in [7, 11) is 0. The van der Waals surface area contributed by atoms with E-state index >= 15 is 0 Å². The van der Waals surface area contributed by atoms with Gasteiger partial charge < -0.3 is 9.90 Å². The summed E-state index contributed by atoms with van der Waals surface area (Å²) in [6.07, 6.45) is 5.23. The number of hydrogen-bond donors (Lipinski definition) is 0. The van der Waals surface area contributed by atoms with Gasteiger partial charge in [-0.05, 0) is 6.08 Å². The lowest BCUT2D eigenvalue weighted by Gasteiger charge is -1.81. The Hall–Kier alpha value is -1.47. The van der Waals surface area contributed by atoms with Crippen LogP contribution < -0.4 is 5.11 Å². The van der Waals surface area contributed by atoms with Gasteiger partial charge in [-0.15, -0.1) is 13.2 Å². The van der Waals surface area contributed by atoms with Gasteiger partial charge in [-0.25, -0.2) is 0 Å². The van der Waals surface area contributed by atoms with Crippen LogP contribution in [-0.4, -0.2) is 12.3 Å².